The Kier molecular flexibility index (Phi) is 4.31. The molecule has 1 aliphatic rings. The van der Waals surface area contributed by atoms with Gasteiger partial charge >= 0.3 is 0 Å². The van der Waals surface area contributed by atoms with Gasteiger partial charge in [-0.05, 0) is 17.7 Å². The molecule has 0 bridgehead atoms. The van der Waals surface area contributed by atoms with Gasteiger partial charge in [0.2, 0.25) is 0 Å². The van der Waals surface area contributed by atoms with Gasteiger partial charge in [-0.3, -0.25) is 9.20 Å². The molecule has 3 N–H and O–H groups in total. The zero-order chi connectivity index (χ0) is 20.7. The van der Waals surface area contributed by atoms with E-state index in [1.807, 2.05) is 35.8 Å². The second-order valence-corrected chi connectivity index (χ2v) is 7.32. The Morgan fingerprint density at radius 3 is 2.80 bits per heavy atom. The van der Waals surface area contributed by atoms with Crippen LogP contribution in [0.2, 0.25) is 0 Å². The first kappa shape index (κ1) is 18.1. The van der Waals surface area contributed by atoms with E-state index in [4.69, 9.17) is 15.7 Å². The van der Waals surface area contributed by atoms with E-state index >= 15 is 0 Å². The summed E-state index contributed by atoms with van der Waals surface area (Å²) in [5.74, 6) is 1.38. The first-order chi connectivity index (χ1) is 14.6. The molecule has 0 saturated heterocycles. The maximum absolute atomic E-state index is 11.8. The van der Waals surface area contributed by atoms with Crippen LogP contribution in [-0.2, 0) is 13.0 Å². The number of nitrogens with two attached hydrogens (primary N) is 1. The van der Waals surface area contributed by atoms with Crippen molar-refractivity contribution in [2.45, 2.75) is 13.0 Å². The van der Waals surface area contributed by atoms with Gasteiger partial charge in [-0.15, -0.1) is 0 Å². The van der Waals surface area contributed by atoms with E-state index in [2.05, 4.69) is 27.3 Å². The zero-order valence-electron chi connectivity index (χ0n) is 16.5. The predicted molar refractivity (Wildman–Crippen MR) is 115 cm³/mol. The molecule has 0 aliphatic carbocycles. The molecule has 0 saturated carbocycles. The number of benzene rings is 1. The van der Waals surface area contributed by atoms with Crippen LogP contribution in [0.4, 0.5) is 11.5 Å². The average molecular weight is 399 g/mol. The minimum atomic E-state index is -0.492. The Hall–Kier alpha value is -3.94. The van der Waals surface area contributed by atoms with Crippen molar-refractivity contribution in [2.75, 3.05) is 23.8 Å². The van der Waals surface area contributed by atoms with Crippen molar-refractivity contribution in [3.8, 4) is 11.6 Å². The van der Waals surface area contributed by atoms with E-state index in [0.717, 1.165) is 30.2 Å². The Labute approximate surface area is 173 Å². The van der Waals surface area contributed by atoms with Crippen molar-refractivity contribution >= 4 is 22.9 Å². The maximum atomic E-state index is 11.8. The summed E-state index contributed by atoms with van der Waals surface area (Å²) >= 11 is 0. The minimum absolute atomic E-state index is 0.416. The number of imidazole rings is 1. The van der Waals surface area contributed by atoms with Crippen LogP contribution < -0.4 is 16.0 Å². The molecule has 4 heterocycles. The molecule has 0 radical (unpaired) electrons. The van der Waals surface area contributed by atoms with E-state index in [1.54, 1.807) is 18.3 Å². The van der Waals surface area contributed by atoms with Crippen LogP contribution in [0.1, 0.15) is 21.6 Å². The van der Waals surface area contributed by atoms with Gasteiger partial charge in [-0.2, -0.15) is 0 Å². The summed E-state index contributed by atoms with van der Waals surface area (Å²) in [6.07, 6.45) is 4.32. The normalized spacial score (nSPS) is 12.9. The summed E-state index contributed by atoms with van der Waals surface area (Å²) in [5, 5.41) is 3.47. The number of likely N-dealkylation sites (N-methyl/N-ethyl adjacent to an activating group) is 1. The second kappa shape index (κ2) is 7.14. The molecule has 1 aliphatic heterocycles. The van der Waals surface area contributed by atoms with Crippen molar-refractivity contribution in [1.82, 2.24) is 19.4 Å². The Balaban J connectivity index is 1.59. The van der Waals surface area contributed by atoms with Crippen molar-refractivity contribution in [3.63, 3.8) is 0 Å². The van der Waals surface area contributed by atoms with Crippen LogP contribution in [0.15, 0.2) is 54.9 Å². The molecule has 0 unspecified atom stereocenters. The van der Waals surface area contributed by atoms with Crippen molar-refractivity contribution in [2.24, 2.45) is 5.73 Å². The SMILES string of the molecule is CN1CCc2nc(-c3ncc4c(C(N)=O)cccn34)nc(NCc3ccccc3)c21. The van der Waals surface area contributed by atoms with Crippen LogP contribution >= 0.6 is 0 Å². The molecule has 3 aromatic heterocycles. The number of carbonyl (C=O) groups excluding carboxylic acids is 1. The Morgan fingerprint density at radius 2 is 2.00 bits per heavy atom. The van der Waals surface area contributed by atoms with Gasteiger partial charge in [-0.1, -0.05) is 30.3 Å². The van der Waals surface area contributed by atoms with Gasteiger partial charge in [-0.25, -0.2) is 15.0 Å². The predicted octanol–water partition coefficient (Wildman–Crippen LogP) is 2.49. The summed E-state index contributed by atoms with van der Waals surface area (Å²) in [7, 11) is 2.05. The average Bonchev–Trinajstić information content (AvgIpc) is 3.36. The number of nitrogens with zero attached hydrogens (tertiary/aromatic N) is 5. The lowest BCUT2D eigenvalue weighted by atomic mass is 10.2. The number of anilines is 2. The van der Waals surface area contributed by atoms with E-state index < -0.39 is 5.91 Å². The number of pyridine rings is 1. The Morgan fingerprint density at radius 1 is 1.17 bits per heavy atom. The third kappa shape index (κ3) is 3.02. The van der Waals surface area contributed by atoms with E-state index in [1.165, 1.54) is 5.56 Å². The summed E-state index contributed by atoms with van der Waals surface area (Å²) in [4.78, 5) is 28.0. The maximum Gasteiger partial charge on any atom is 0.250 e. The quantitative estimate of drug-likeness (QED) is 0.535. The highest BCUT2D eigenvalue weighted by Gasteiger charge is 2.25. The van der Waals surface area contributed by atoms with E-state index in [-0.39, 0.29) is 0 Å². The number of fused-ring (bicyclic) bond motifs is 2. The van der Waals surface area contributed by atoms with Crippen molar-refractivity contribution in [1.29, 1.82) is 0 Å². The third-order valence-electron chi connectivity index (χ3n) is 5.36. The molecule has 0 fully saturated rings. The van der Waals surface area contributed by atoms with Crippen LogP contribution in [0.25, 0.3) is 17.2 Å². The van der Waals surface area contributed by atoms with Crippen molar-refractivity contribution < 1.29 is 4.79 Å². The molecule has 1 aromatic carbocycles. The monoisotopic (exact) mass is 399 g/mol. The zero-order valence-corrected chi connectivity index (χ0v) is 16.5. The topological polar surface area (TPSA) is 101 Å². The third-order valence-corrected chi connectivity index (χ3v) is 5.36. The van der Waals surface area contributed by atoms with Crippen LogP contribution in [-0.4, -0.2) is 38.9 Å². The number of carbonyl (C=O) groups is 1. The lowest BCUT2D eigenvalue weighted by Crippen LogP contribution is -2.16. The first-order valence-corrected chi connectivity index (χ1v) is 9.78. The van der Waals surface area contributed by atoms with Crippen LogP contribution in [0.3, 0.4) is 0 Å². The number of hydrogen-bond donors (Lipinski definition) is 2. The first-order valence-electron chi connectivity index (χ1n) is 9.78. The van der Waals surface area contributed by atoms with E-state index in [9.17, 15) is 4.79 Å². The largest absolute Gasteiger partial charge is 0.370 e. The Bertz CT molecular complexity index is 1250. The van der Waals surface area contributed by atoms with Gasteiger partial charge in [0.25, 0.3) is 5.91 Å². The molecule has 4 aromatic rings. The molecule has 8 heteroatoms. The number of aromatic nitrogens is 4. The number of hydrogen-bond acceptors (Lipinski definition) is 6. The van der Waals surface area contributed by atoms with Gasteiger partial charge in [0, 0.05) is 32.8 Å². The molecule has 5 rings (SSSR count). The summed E-state index contributed by atoms with van der Waals surface area (Å²) in [6.45, 7) is 1.55. The van der Waals surface area contributed by atoms with Crippen molar-refractivity contribution in [3.05, 3.63) is 71.7 Å². The highest BCUT2D eigenvalue weighted by molar-refractivity contribution is 5.99. The van der Waals surface area contributed by atoms with Crippen LogP contribution in [0.5, 0.6) is 0 Å². The lowest BCUT2D eigenvalue weighted by Gasteiger charge is -2.17. The highest BCUT2D eigenvalue weighted by Crippen LogP contribution is 2.34. The molecule has 8 nitrogen and oxygen atoms in total. The molecule has 30 heavy (non-hydrogen) atoms. The summed E-state index contributed by atoms with van der Waals surface area (Å²) in [6, 6.07) is 13.7. The minimum Gasteiger partial charge on any atom is -0.370 e. The molecule has 150 valence electrons. The molecular weight excluding hydrogens is 378 g/mol. The molecule has 0 atom stereocenters. The second-order valence-electron chi connectivity index (χ2n) is 7.32. The number of rotatable bonds is 5. The van der Waals surface area contributed by atoms with Gasteiger partial charge < -0.3 is 16.0 Å². The van der Waals surface area contributed by atoms with Gasteiger partial charge in [0.1, 0.15) is 5.69 Å². The fourth-order valence-electron chi connectivity index (χ4n) is 3.86. The fraction of sp³-hybridized carbons (Fsp3) is 0.182. The van der Waals surface area contributed by atoms with Gasteiger partial charge in [0.05, 0.1) is 23.0 Å². The summed E-state index contributed by atoms with van der Waals surface area (Å²) < 4.78 is 1.81. The van der Waals surface area contributed by atoms with E-state index in [0.29, 0.717) is 29.3 Å². The highest BCUT2D eigenvalue weighted by atomic mass is 16.1. The molecular formula is C22H21N7O. The number of amides is 1. The molecule has 0 spiro atoms. The van der Waals surface area contributed by atoms with Gasteiger partial charge in [0.15, 0.2) is 17.5 Å². The summed E-state index contributed by atoms with van der Waals surface area (Å²) in [5.41, 5.74) is 9.74. The lowest BCUT2D eigenvalue weighted by molar-refractivity contribution is 0.100. The number of nitrogens with one attached hydrogen (secondary N) is 1. The standard InChI is InChI=1S/C22H21N7O/c1-28-11-9-16-18(28)20(24-12-14-6-3-2-4-7-14)27-21(26-16)22-25-13-17-15(19(23)30)8-5-10-29(17)22/h2-8,10,13H,9,11-12H2,1H3,(H2,23,30)(H,24,26,27). The van der Waals surface area contributed by atoms with Crippen LogP contribution in [0, 0.1) is 0 Å². The smallest absolute Gasteiger partial charge is 0.250 e. The number of primary amides is 1. The fourth-order valence-corrected chi connectivity index (χ4v) is 3.86. The molecule has 1 amide bonds.